The fourth-order valence-electron chi connectivity index (χ4n) is 3.19. The Hall–Kier alpha value is -2.49. The van der Waals surface area contributed by atoms with Crippen molar-refractivity contribution in [3.05, 3.63) is 54.1 Å². The number of rotatable bonds is 3. The molecule has 1 saturated carbocycles. The number of carbonyl (C=O) groups excluding carboxylic acids is 1. The zero-order chi connectivity index (χ0) is 15.7. The molecule has 1 aliphatic carbocycles. The van der Waals surface area contributed by atoms with Crippen molar-refractivity contribution in [3.63, 3.8) is 0 Å². The van der Waals surface area contributed by atoms with Crippen LogP contribution in [-0.4, -0.2) is 19.2 Å². The van der Waals surface area contributed by atoms with Gasteiger partial charge >= 0.3 is 5.97 Å². The van der Waals surface area contributed by atoms with E-state index in [-0.39, 0.29) is 5.97 Å². The molecule has 118 valence electrons. The van der Waals surface area contributed by atoms with Crippen LogP contribution in [0.1, 0.15) is 24.8 Å². The molecule has 1 fully saturated rings. The minimum Gasteiger partial charge on any atom is -0.486 e. The van der Waals surface area contributed by atoms with Gasteiger partial charge in [0.2, 0.25) is 0 Å². The van der Waals surface area contributed by atoms with E-state index < -0.39 is 5.41 Å². The minimum atomic E-state index is -0.505. The molecule has 2 aromatic carbocycles. The standard InChI is InChI=1S/C19H18O4/c20-18(19(9-4-10-19)14-5-2-1-3-6-14)23-15-7-8-16-17(13-15)22-12-11-21-16/h1-3,5-8,13H,4,9-12H2. The van der Waals surface area contributed by atoms with E-state index in [0.29, 0.717) is 30.5 Å². The third-order valence-corrected chi connectivity index (χ3v) is 4.65. The summed E-state index contributed by atoms with van der Waals surface area (Å²) < 4.78 is 16.7. The molecule has 0 unspecified atom stereocenters. The second kappa shape index (κ2) is 5.61. The van der Waals surface area contributed by atoms with Crippen LogP contribution in [0.25, 0.3) is 0 Å². The minimum absolute atomic E-state index is 0.188. The maximum Gasteiger partial charge on any atom is 0.321 e. The van der Waals surface area contributed by atoms with Crippen LogP contribution in [0.15, 0.2) is 48.5 Å². The normalized spacial score (nSPS) is 17.9. The van der Waals surface area contributed by atoms with E-state index in [1.54, 1.807) is 18.2 Å². The highest BCUT2D eigenvalue weighted by Gasteiger charge is 2.47. The molecule has 4 rings (SSSR count). The lowest BCUT2D eigenvalue weighted by molar-refractivity contribution is -0.144. The number of ether oxygens (including phenoxy) is 3. The third-order valence-electron chi connectivity index (χ3n) is 4.65. The molecule has 0 radical (unpaired) electrons. The van der Waals surface area contributed by atoms with Gasteiger partial charge in [-0.15, -0.1) is 0 Å². The van der Waals surface area contributed by atoms with Gasteiger partial charge in [-0.1, -0.05) is 36.8 Å². The van der Waals surface area contributed by atoms with Crippen LogP contribution in [0.5, 0.6) is 17.2 Å². The van der Waals surface area contributed by atoms with Gasteiger partial charge < -0.3 is 14.2 Å². The lowest BCUT2D eigenvalue weighted by Crippen LogP contribution is -2.45. The second-order valence-corrected chi connectivity index (χ2v) is 6.00. The van der Waals surface area contributed by atoms with Crippen LogP contribution >= 0.6 is 0 Å². The Balaban J connectivity index is 1.57. The number of hydrogen-bond acceptors (Lipinski definition) is 4. The lowest BCUT2D eigenvalue weighted by atomic mass is 9.64. The average Bonchev–Trinajstić information content (AvgIpc) is 2.55. The zero-order valence-electron chi connectivity index (χ0n) is 12.8. The second-order valence-electron chi connectivity index (χ2n) is 6.00. The first-order valence-electron chi connectivity index (χ1n) is 7.95. The summed E-state index contributed by atoms with van der Waals surface area (Å²) in [5, 5.41) is 0. The summed E-state index contributed by atoms with van der Waals surface area (Å²) in [5.41, 5.74) is 0.530. The van der Waals surface area contributed by atoms with Crippen molar-refractivity contribution in [2.24, 2.45) is 0 Å². The molecule has 2 aromatic rings. The van der Waals surface area contributed by atoms with Gasteiger partial charge in [-0.25, -0.2) is 0 Å². The number of hydrogen-bond donors (Lipinski definition) is 0. The number of fused-ring (bicyclic) bond motifs is 1. The zero-order valence-corrected chi connectivity index (χ0v) is 12.8. The quantitative estimate of drug-likeness (QED) is 0.643. The van der Waals surface area contributed by atoms with Gasteiger partial charge in [-0.3, -0.25) is 4.79 Å². The summed E-state index contributed by atoms with van der Waals surface area (Å²) in [6.45, 7) is 1.06. The molecule has 0 aromatic heterocycles. The van der Waals surface area contributed by atoms with Gasteiger partial charge in [-0.2, -0.15) is 0 Å². The van der Waals surface area contributed by atoms with E-state index in [4.69, 9.17) is 14.2 Å². The summed E-state index contributed by atoms with van der Waals surface area (Å²) in [4.78, 5) is 12.8. The van der Waals surface area contributed by atoms with Crippen molar-refractivity contribution in [2.75, 3.05) is 13.2 Å². The van der Waals surface area contributed by atoms with Crippen molar-refractivity contribution >= 4 is 5.97 Å². The molecular weight excluding hydrogens is 292 g/mol. The first kappa shape index (κ1) is 14.1. The van der Waals surface area contributed by atoms with Crippen LogP contribution in [0.2, 0.25) is 0 Å². The van der Waals surface area contributed by atoms with Crippen molar-refractivity contribution in [3.8, 4) is 17.2 Å². The molecule has 0 saturated heterocycles. The van der Waals surface area contributed by atoms with Crippen molar-refractivity contribution in [2.45, 2.75) is 24.7 Å². The molecule has 0 bridgehead atoms. The monoisotopic (exact) mass is 310 g/mol. The summed E-state index contributed by atoms with van der Waals surface area (Å²) in [6.07, 6.45) is 2.71. The van der Waals surface area contributed by atoms with Crippen LogP contribution in [0.3, 0.4) is 0 Å². The van der Waals surface area contributed by atoms with E-state index in [2.05, 4.69) is 0 Å². The predicted octanol–water partition coefficient (Wildman–Crippen LogP) is 3.49. The van der Waals surface area contributed by atoms with Crippen molar-refractivity contribution < 1.29 is 19.0 Å². The molecule has 1 aliphatic heterocycles. The van der Waals surface area contributed by atoms with E-state index >= 15 is 0 Å². The fraction of sp³-hybridized carbons (Fsp3) is 0.316. The van der Waals surface area contributed by atoms with Crippen molar-refractivity contribution in [1.82, 2.24) is 0 Å². The molecule has 2 aliphatic rings. The first-order valence-corrected chi connectivity index (χ1v) is 7.95. The SMILES string of the molecule is O=C(Oc1ccc2c(c1)OCCO2)C1(c2ccccc2)CCC1. The predicted molar refractivity (Wildman–Crippen MR) is 85.0 cm³/mol. The summed E-state index contributed by atoms with van der Waals surface area (Å²) >= 11 is 0. The first-order chi connectivity index (χ1) is 11.3. The van der Waals surface area contributed by atoms with Crippen LogP contribution in [0, 0.1) is 0 Å². The Morgan fingerprint density at radius 3 is 2.39 bits per heavy atom. The Labute approximate surface area is 135 Å². The van der Waals surface area contributed by atoms with Gasteiger partial charge in [0.15, 0.2) is 11.5 Å². The van der Waals surface area contributed by atoms with E-state index in [1.165, 1.54) is 0 Å². The molecule has 0 amide bonds. The van der Waals surface area contributed by atoms with E-state index in [1.807, 2.05) is 30.3 Å². The number of esters is 1. The van der Waals surface area contributed by atoms with Gasteiger partial charge in [-0.05, 0) is 30.5 Å². The molecule has 4 nitrogen and oxygen atoms in total. The van der Waals surface area contributed by atoms with Gasteiger partial charge in [0, 0.05) is 6.07 Å². The topological polar surface area (TPSA) is 44.8 Å². The Morgan fingerprint density at radius 2 is 1.70 bits per heavy atom. The summed E-state index contributed by atoms with van der Waals surface area (Å²) in [6, 6.07) is 15.2. The maximum absolute atomic E-state index is 12.8. The van der Waals surface area contributed by atoms with Gasteiger partial charge in [0.25, 0.3) is 0 Å². The molecule has 0 N–H and O–H groups in total. The number of benzene rings is 2. The Bertz CT molecular complexity index is 719. The molecular formula is C19H18O4. The Kier molecular flexibility index (Phi) is 3.45. The highest BCUT2D eigenvalue weighted by atomic mass is 16.6. The molecule has 4 heteroatoms. The molecule has 0 spiro atoms. The number of carbonyl (C=O) groups is 1. The van der Waals surface area contributed by atoms with Crippen LogP contribution in [0.4, 0.5) is 0 Å². The van der Waals surface area contributed by atoms with E-state index in [9.17, 15) is 4.79 Å². The van der Waals surface area contributed by atoms with Crippen LogP contribution in [-0.2, 0) is 10.2 Å². The smallest absolute Gasteiger partial charge is 0.321 e. The lowest BCUT2D eigenvalue weighted by Gasteiger charge is -2.39. The molecule has 0 atom stereocenters. The van der Waals surface area contributed by atoms with Gasteiger partial charge in [0.1, 0.15) is 19.0 Å². The summed E-state index contributed by atoms with van der Waals surface area (Å²) in [5.74, 6) is 1.63. The highest BCUT2D eigenvalue weighted by molar-refractivity contribution is 5.86. The van der Waals surface area contributed by atoms with E-state index in [0.717, 1.165) is 24.8 Å². The summed E-state index contributed by atoms with van der Waals surface area (Å²) in [7, 11) is 0. The average molecular weight is 310 g/mol. The molecule has 23 heavy (non-hydrogen) atoms. The molecule has 1 heterocycles. The Morgan fingerprint density at radius 1 is 0.957 bits per heavy atom. The highest BCUT2D eigenvalue weighted by Crippen LogP contribution is 2.45. The third kappa shape index (κ3) is 2.44. The maximum atomic E-state index is 12.8. The fourth-order valence-corrected chi connectivity index (χ4v) is 3.19. The largest absolute Gasteiger partial charge is 0.486 e. The van der Waals surface area contributed by atoms with Gasteiger partial charge in [0.05, 0.1) is 5.41 Å². The van der Waals surface area contributed by atoms with Crippen molar-refractivity contribution in [1.29, 1.82) is 0 Å². The van der Waals surface area contributed by atoms with Crippen LogP contribution < -0.4 is 14.2 Å².